The van der Waals surface area contributed by atoms with Crippen molar-refractivity contribution >= 4 is 23.3 Å². The van der Waals surface area contributed by atoms with Gasteiger partial charge in [-0.25, -0.2) is 0 Å². The van der Waals surface area contributed by atoms with Gasteiger partial charge in [0.2, 0.25) is 0 Å². The Kier molecular flexibility index (Phi) is 3.72. The largest absolute Gasteiger partial charge is 0.298 e. The van der Waals surface area contributed by atoms with E-state index >= 15 is 0 Å². The van der Waals surface area contributed by atoms with Gasteiger partial charge >= 0.3 is 0 Å². The molecular weight excluding hydrogens is 246 g/mol. The second-order valence-electron chi connectivity index (χ2n) is 3.69. The fourth-order valence-electron chi connectivity index (χ4n) is 1.40. The van der Waals surface area contributed by atoms with Gasteiger partial charge in [0.05, 0.1) is 16.3 Å². The molecule has 0 heterocycles. The predicted molar refractivity (Wildman–Crippen MR) is 69.1 cm³/mol. The Balaban J connectivity index is 2.19. The SMILES string of the molecule is O=Cc1ccc(N=Nc2cccc([N+](=O)[O-])c2)cc1. The Bertz CT molecular complexity index is 636. The summed E-state index contributed by atoms with van der Waals surface area (Å²) in [7, 11) is 0. The van der Waals surface area contributed by atoms with Crippen molar-refractivity contribution in [3.05, 3.63) is 64.2 Å². The summed E-state index contributed by atoms with van der Waals surface area (Å²) < 4.78 is 0. The number of nitro groups is 1. The van der Waals surface area contributed by atoms with Crippen LogP contribution in [0.3, 0.4) is 0 Å². The van der Waals surface area contributed by atoms with E-state index < -0.39 is 4.92 Å². The lowest BCUT2D eigenvalue weighted by Crippen LogP contribution is -1.85. The van der Waals surface area contributed by atoms with Crippen LogP contribution in [0.1, 0.15) is 10.4 Å². The smallest absolute Gasteiger partial charge is 0.271 e. The highest BCUT2D eigenvalue weighted by molar-refractivity contribution is 5.75. The summed E-state index contributed by atoms with van der Waals surface area (Å²) in [5, 5.41) is 18.4. The van der Waals surface area contributed by atoms with E-state index in [1.54, 1.807) is 36.4 Å². The van der Waals surface area contributed by atoms with Gasteiger partial charge in [0.25, 0.3) is 5.69 Å². The lowest BCUT2D eigenvalue weighted by atomic mass is 10.2. The van der Waals surface area contributed by atoms with E-state index in [0.29, 0.717) is 16.9 Å². The highest BCUT2D eigenvalue weighted by Crippen LogP contribution is 2.22. The number of carbonyl (C=O) groups is 1. The summed E-state index contributed by atoms with van der Waals surface area (Å²) in [6.07, 6.45) is 0.738. The van der Waals surface area contributed by atoms with Crippen LogP contribution in [0.5, 0.6) is 0 Å². The quantitative estimate of drug-likeness (QED) is 0.360. The van der Waals surface area contributed by atoms with Gasteiger partial charge in [0.15, 0.2) is 0 Å². The molecule has 0 unspecified atom stereocenters. The molecule has 0 spiro atoms. The molecule has 0 aromatic heterocycles. The highest BCUT2D eigenvalue weighted by atomic mass is 16.6. The van der Waals surface area contributed by atoms with Gasteiger partial charge in [-0.1, -0.05) is 6.07 Å². The molecule has 0 atom stereocenters. The molecule has 0 fully saturated rings. The van der Waals surface area contributed by atoms with Crippen LogP contribution < -0.4 is 0 Å². The highest BCUT2D eigenvalue weighted by Gasteiger charge is 2.04. The normalized spacial score (nSPS) is 10.5. The molecule has 0 N–H and O–H groups in total. The maximum atomic E-state index is 10.6. The van der Waals surface area contributed by atoms with Crippen molar-refractivity contribution in [1.82, 2.24) is 0 Å². The van der Waals surface area contributed by atoms with E-state index in [1.807, 2.05) is 0 Å². The van der Waals surface area contributed by atoms with Crippen molar-refractivity contribution in [2.24, 2.45) is 10.2 Å². The summed E-state index contributed by atoms with van der Waals surface area (Å²) >= 11 is 0. The zero-order valence-corrected chi connectivity index (χ0v) is 9.76. The molecular formula is C13H9N3O3. The number of carbonyl (C=O) groups excluding carboxylic acids is 1. The van der Waals surface area contributed by atoms with Gasteiger partial charge in [-0.15, -0.1) is 0 Å². The lowest BCUT2D eigenvalue weighted by molar-refractivity contribution is -0.384. The molecule has 0 saturated heterocycles. The third-order valence-corrected chi connectivity index (χ3v) is 2.35. The number of aldehydes is 1. The van der Waals surface area contributed by atoms with Crippen LogP contribution in [0.15, 0.2) is 58.8 Å². The molecule has 2 aromatic rings. The number of hydrogen-bond donors (Lipinski definition) is 0. The Labute approximate surface area is 108 Å². The first-order valence-electron chi connectivity index (χ1n) is 5.40. The minimum absolute atomic E-state index is 0.0345. The molecule has 19 heavy (non-hydrogen) atoms. The molecule has 6 nitrogen and oxygen atoms in total. The number of benzene rings is 2. The summed E-state index contributed by atoms with van der Waals surface area (Å²) in [5.74, 6) is 0. The summed E-state index contributed by atoms with van der Waals surface area (Å²) in [4.78, 5) is 20.6. The first-order valence-corrected chi connectivity index (χ1v) is 5.40. The van der Waals surface area contributed by atoms with Crippen molar-refractivity contribution in [2.45, 2.75) is 0 Å². The van der Waals surface area contributed by atoms with Crippen LogP contribution in [-0.4, -0.2) is 11.2 Å². The second-order valence-corrected chi connectivity index (χ2v) is 3.69. The Hall–Kier alpha value is -2.89. The lowest BCUT2D eigenvalue weighted by Gasteiger charge is -1.94. The van der Waals surface area contributed by atoms with Gasteiger partial charge < -0.3 is 0 Å². The third-order valence-electron chi connectivity index (χ3n) is 2.35. The molecule has 2 aromatic carbocycles. The molecule has 0 saturated carbocycles. The minimum atomic E-state index is -0.488. The molecule has 0 bridgehead atoms. The van der Waals surface area contributed by atoms with Crippen molar-refractivity contribution in [2.75, 3.05) is 0 Å². The minimum Gasteiger partial charge on any atom is -0.298 e. The van der Waals surface area contributed by atoms with E-state index in [0.717, 1.165) is 6.29 Å². The van der Waals surface area contributed by atoms with E-state index in [2.05, 4.69) is 10.2 Å². The zero-order chi connectivity index (χ0) is 13.7. The average Bonchev–Trinajstić information content (AvgIpc) is 2.46. The maximum Gasteiger partial charge on any atom is 0.271 e. The number of azo groups is 1. The number of nitrogens with zero attached hydrogens (tertiary/aromatic N) is 3. The summed E-state index contributed by atoms with van der Waals surface area (Å²) in [6, 6.07) is 12.4. The van der Waals surface area contributed by atoms with E-state index in [4.69, 9.17) is 0 Å². The monoisotopic (exact) mass is 255 g/mol. The van der Waals surface area contributed by atoms with E-state index in [-0.39, 0.29) is 5.69 Å². The van der Waals surface area contributed by atoms with E-state index in [1.165, 1.54) is 12.1 Å². The number of non-ortho nitro benzene ring substituents is 1. The molecule has 94 valence electrons. The Morgan fingerprint density at radius 2 is 1.68 bits per heavy atom. The van der Waals surface area contributed by atoms with Crippen LogP contribution in [0.4, 0.5) is 17.1 Å². The first kappa shape index (κ1) is 12.6. The standard InChI is InChI=1S/C13H9N3O3/c17-9-10-4-6-11(7-5-10)14-15-12-2-1-3-13(8-12)16(18)19/h1-9H. The molecule has 0 aliphatic heterocycles. The van der Waals surface area contributed by atoms with Gasteiger partial charge in [0.1, 0.15) is 6.29 Å². The second kappa shape index (κ2) is 5.63. The molecule has 0 aliphatic carbocycles. The zero-order valence-electron chi connectivity index (χ0n) is 9.76. The summed E-state index contributed by atoms with van der Waals surface area (Å²) in [5.41, 5.74) is 1.48. The average molecular weight is 255 g/mol. The van der Waals surface area contributed by atoms with Crippen molar-refractivity contribution in [3.63, 3.8) is 0 Å². The van der Waals surface area contributed by atoms with Gasteiger partial charge in [-0.2, -0.15) is 10.2 Å². The van der Waals surface area contributed by atoms with Gasteiger partial charge in [0, 0.05) is 17.7 Å². The first-order chi connectivity index (χ1) is 9.19. The van der Waals surface area contributed by atoms with Crippen LogP contribution in [0.25, 0.3) is 0 Å². The fraction of sp³-hybridized carbons (Fsp3) is 0. The number of rotatable bonds is 4. The van der Waals surface area contributed by atoms with Crippen molar-refractivity contribution < 1.29 is 9.72 Å². The predicted octanol–water partition coefficient (Wildman–Crippen LogP) is 3.82. The summed E-state index contributed by atoms with van der Waals surface area (Å²) in [6.45, 7) is 0. The molecule has 2 rings (SSSR count). The van der Waals surface area contributed by atoms with E-state index in [9.17, 15) is 14.9 Å². The molecule has 6 heteroatoms. The van der Waals surface area contributed by atoms with Crippen LogP contribution in [-0.2, 0) is 0 Å². The maximum absolute atomic E-state index is 10.6. The van der Waals surface area contributed by atoms with Gasteiger partial charge in [-0.3, -0.25) is 14.9 Å². The number of hydrogen-bond acceptors (Lipinski definition) is 5. The van der Waals surface area contributed by atoms with Gasteiger partial charge in [-0.05, 0) is 30.3 Å². The molecule has 0 aliphatic rings. The topological polar surface area (TPSA) is 84.9 Å². The van der Waals surface area contributed by atoms with Crippen molar-refractivity contribution in [1.29, 1.82) is 0 Å². The number of nitro benzene ring substituents is 1. The molecule has 0 radical (unpaired) electrons. The van der Waals surface area contributed by atoms with Crippen molar-refractivity contribution in [3.8, 4) is 0 Å². The molecule has 0 amide bonds. The van der Waals surface area contributed by atoms with Crippen LogP contribution in [0.2, 0.25) is 0 Å². The van der Waals surface area contributed by atoms with Crippen LogP contribution in [0, 0.1) is 10.1 Å². The third kappa shape index (κ3) is 3.29. The Morgan fingerprint density at radius 1 is 1.00 bits per heavy atom. The fourth-order valence-corrected chi connectivity index (χ4v) is 1.40. The van der Waals surface area contributed by atoms with Crippen LogP contribution >= 0.6 is 0 Å². The Morgan fingerprint density at radius 3 is 2.32 bits per heavy atom.